The number of hydrogen-bond donors (Lipinski definition) is 1. The molecule has 1 amide bonds. The molecule has 5 heteroatoms. The number of aromatic nitrogens is 3. The highest BCUT2D eigenvalue weighted by molar-refractivity contribution is 5.76. The van der Waals surface area contributed by atoms with Gasteiger partial charge in [-0.05, 0) is 31.6 Å². The Bertz CT molecular complexity index is 408. The number of hydrogen-bond acceptors (Lipinski definition) is 3. The van der Waals surface area contributed by atoms with Crippen molar-refractivity contribution in [2.45, 2.75) is 65.8 Å². The van der Waals surface area contributed by atoms with Crippen LogP contribution in [0.5, 0.6) is 0 Å². The molecule has 0 unspecified atom stereocenters. The Morgan fingerprint density at radius 1 is 1.32 bits per heavy atom. The molecule has 5 nitrogen and oxygen atoms in total. The second-order valence-electron chi connectivity index (χ2n) is 5.47. The van der Waals surface area contributed by atoms with Crippen molar-refractivity contribution < 1.29 is 4.79 Å². The first-order valence-corrected chi connectivity index (χ1v) is 7.20. The van der Waals surface area contributed by atoms with Crippen LogP contribution in [-0.4, -0.2) is 20.9 Å². The minimum absolute atomic E-state index is 0.188. The minimum Gasteiger partial charge on any atom is -0.369 e. The summed E-state index contributed by atoms with van der Waals surface area (Å²) in [4.78, 5) is 11.1. The predicted molar refractivity (Wildman–Crippen MR) is 75.7 cm³/mol. The van der Waals surface area contributed by atoms with Crippen molar-refractivity contribution in [1.82, 2.24) is 15.0 Å². The first kappa shape index (κ1) is 15.7. The number of rotatable bonds is 8. The number of amides is 1. The number of carbonyl (C=O) groups is 1. The summed E-state index contributed by atoms with van der Waals surface area (Å²) < 4.78 is 2.00. The highest BCUT2D eigenvalue weighted by Crippen LogP contribution is 2.21. The van der Waals surface area contributed by atoms with Gasteiger partial charge in [-0.3, -0.25) is 4.79 Å². The zero-order valence-corrected chi connectivity index (χ0v) is 12.5. The molecule has 1 aromatic rings. The molecule has 0 aliphatic rings. The van der Waals surface area contributed by atoms with E-state index in [2.05, 4.69) is 38.0 Å². The molecule has 1 aromatic heterocycles. The van der Waals surface area contributed by atoms with E-state index in [1.165, 1.54) is 0 Å². The second kappa shape index (κ2) is 7.26. The fourth-order valence-corrected chi connectivity index (χ4v) is 2.26. The maximum Gasteiger partial charge on any atom is 0.223 e. The van der Waals surface area contributed by atoms with Crippen LogP contribution in [0.3, 0.4) is 0 Å². The SMILES string of the molecule is CCC(CC)n1nnc(CC(N)=O)c1CCC(C)C. The third kappa shape index (κ3) is 4.33. The van der Waals surface area contributed by atoms with Crippen LogP contribution in [0.1, 0.15) is 64.4 Å². The molecular weight excluding hydrogens is 240 g/mol. The standard InChI is InChI=1S/C14H26N4O/c1-5-11(6-2)18-13(8-7-10(3)4)12(16-17-18)9-14(15)19/h10-11H,5-9H2,1-4H3,(H2,15,19). The van der Waals surface area contributed by atoms with Crippen LogP contribution in [-0.2, 0) is 17.6 Å². The molecule has 0 bridgehead atoms. The summed E-state index contributed by atoms with van der Waals surface area (Å²) in [7, 11) is 0. The Morgan fingerprint density at radius 2 is 1.95 bits per heavy atom. The molecule has 0 saturated carbocycles. The van der Waals surface area contributed by atoms with E-state index in [1.54, 1.807) is 0 Å². The average Bonchev–Trinajstić information content (AvgIpc) is 2.71. The van der Waals surface area contributed by atoms with E-state index in [4.69, 9.17) is 5.73 Å². The summed E-state index contributed by atoms with van der Waals surface area (Å²) in [6.45, 7) is 8.68. The van der Waals surface area contributed by atoms with Crippen LogP contribution < -0.4 is 5.73 Å². The quantitative estimate of drug-likeness (QED) is 0.784. The lowest BCUT2D eigenvalue weighted by atomic mass is 10.0. The Labute approximate surface area is 115 Å². The summed E-state index contributed by atoms with van der Waals surface area (Å²) in [6.07, 6.45) is 4.20. The third-order valence-electron chi connectivity index (χ3n) is 3.46. The van der Waals surface area contributed by atoms with Crippen molar-refractivity contribution in [3.05, 3.63) is 11.4 Å². The molecule has 108 valence electrons. The fourth-order valence-electron chi connectivity index (χ4n) is 2.26. The minimum atomic E-state index is -0.345. The lowest BCUT2D eigenvalue weighted by Crippen LogP contribution is -2.17. The lowest BCUT2D eigenvalue weighted by Gasteiger charge is -2.16. The Hall–Kier alpha value is -1.39. The summed E-state index contributed by atoms with van der Waals surface area (Å²) in [5, 5.41) is 8.41. The summed E-state index contributed by atoms with van der Waals surface area (Å²) in [5.74, 6) is 0.272. The van der Waals surface area contributed by atoms with E-state index in [1.807, 2.05) is 4.68 Å². The van der Waals surface area contributed by atoms with Gasteiger partial charge in [0.05, 0.1) is 23.9 Å². The van der Waals surface area contributed by atoms with Gasteiger partial charge in [-0.15, -0.1) is 5.10 Å². The van der Waals surface area contributed by atoms with Crippen molar-refractivity contribution in [2.75, 3.05) is 0 Å². The van der Waals surface area contributed by atoms with E-state index < -0.39 is 0 Å². The Morgan fingerprint density at radius 3 is 2.42 bits per heavy atom. The summed E-state index contributed by atoms with van der Waals surface area (Å²) in [5.41, 5.74) is 7.12. The lowest BCUT2D eigenvalue weighted by molar-refractivity contribution is -0.117. The van der Waals surface area contributed by atoms with Crippen molar-refractivity contribution in [3.8, 4) is 0 Å². The number of carbonyl (C=O) groups excluding carboxylic acids is 1. The molecule has 1 heterocycles. The number of nitrogens with two attached hydrogens (primary N) is 1. The Kier molecular flexibility index (Phi) is 5.99. The molecule has 1 rings (SSSR count). The maximum absolute atomic E-state index is 11.1. The van der Waals surface area contributed by atoms with Gasteiger partial charge in [0.2, 0.25) is 5.91 Å². The zero-order chi connectivity index (χ0) is 14.4. The molecule has 0 aliphatic heterocycles. The van der Waals surface area contributed by atoms with Crippen LogP contribution in [0.4, 0.5) is 0 Å². The van der Waals surface area contributed by atoms with E-state index in [0.29, 0.717) is 12.0 Å². The van der Waals surface area contributed by atoms with Crippen molar-refractivity contribution >= 4 is 5.91 Å². The molecular formula is C14H26N4O. The van der Waals surface area contributed by atoms with Gasteiger partial charge in [-0.2, -0.15) is 0 Å². The fraction of sp³-hybridized carbons (Fsp3) is 0.786. The van der Waals surface area contributed by atoms with Crippen LogP contribution in [0, 0.1) is 5.92 Å². The summed E-state index contributed by atoms with van der Waals surface area (Å²) >= 11 is 0. The molecule has 0 atom stereocenters. The average molecular weight is 266 g/mol. The second-order valence-corrected chi connectivity index (χ2v) is 5.47. The maximum atomic E-state index is 11.1. The zero-order valence-electron chi connectivity index (χ0n) is 12.5. The molecule has 0 aliphatic carbocycles. The monoisotopic (exact) mass is 266 g/mol. The number of nitrogens with zero attached hydrogens (tertiary/aromatic N) is 3. The van der Waals surface area contributed by atoms with Gasteiger partial charge in [-0.25, -0.2) is 4.68 Å². The van der Waals surface area contributed by atoms with Crippen molar-refractivity contribution in [3.63, 3.8) is 0 Å². The van der Waals surface area contributed by atoms with Crippen LogP contribution >= 0.6 is 0 Å². The molecule has 0 aromatic carbocycles. The molecule has 0 fully saturated rings. The largest absolute Gasteiger partial charge is 0.369 e. The third-order valence-corrected chi connectivity index (χ3v) is 3.46. The first-order valence-electron chi connectivity index (χ1n) is 7.20. The highest BCUT2D eigenvalue weighted by Gasteiger charge is 2.19. The van der Waals surface area contributed by atoms with Gasteiger partial charge in [0.1, 0.15) is 0 Å². The van der Waals surface area contributed by atoms with E-state index >= 15 is 0 Å². The normalized spacial score (nSPS) is 11.5. The molecule has 0 saturated heterocycles. The van der Waals surface area contributed by atoms with Gasteiger partial charge in [-0.1, -0.05) is 32.9 Å². The first-order chi connectivity index (χ1) is 8.99. The van der Waals surface area contributed by atoms with Gasteiger partial charge in [0, 0.05) is 0 Å². The molecule has 0 spiro atoms. The smallest absolute Gasteiger partial charge is 0.223 e. The topological polar surface area (TPSA) is 73.8 Å². The molecule has 2 N–H and O–H groups in total. The van der Waals surface area contributed by atoms with Gasteiger partial charge >= 0.3 is 0 Å². The number of primary amides is 1. The van der Waals surface area contributed by atoms with Crippen molar-refractivity contribution in [2.24, 2.45) is 11.7 Å². The van der Waals surface area contributed by atoms with E-state index in [9.17, 15) is 4.79 Å². The van der Waals surface area contributed by atoms with Crippen molar-refractivity contribution in [1.29, 1.82) is 0 Å². The van der Waals surface area contributed by atoms with Gasteiger partial charge in [0.25, 0.3) is 0 Å². The molecule has 0 radical (unpaired) electrons. The Balaban J connectivity index is 3.01. The summed E-state index contributed by atoms with van der Waals surface area (Å²) in [6, 6.07) is 0.358. The van der Waals surface area contributed by atoms with E-state index in [-0.39, 0.29) is 12.3 Å². The highest BCUT2D eigenvalue weighted by atomic mass is 16.1. The van der Waals surface area contributed by atoms with Crippen LogP contribution in [0.25, 0.3) is 0 Å². The predicted octanol–water partition coefficient (Wildman–Crippen LogP) is 2.26. The van der Waals surface area contributed by atoms with Crippen LogP contribution in [0.15, 0.2) is 0 Å². The van der Waals surface area contributed by atoms with Gasteiger partial charge < -0.3 is 5.73 Å². The van der Waals surface area contributed by atoms with E-state index in [0.717, 1.165) is 37.1 Å². The van der Waals surface area contributed by atoms with Crippen LogP contribution in [0.2, 0.25) is 0 Å². The molecule has 19 heavy (non-hydrogen) atoms. The van der Waals surface area contributed by atoms with Gasteiger partial charge in [0.15, 0.2) is 0 Å².